The second-order valence-corrected chi connectivity index (χ2v) is 8.49. The van der Waals surface area contributed by atoms with E-state index in [1.54, 1.807) is 6.20 Å². The first-order valence-corrected chi connectivity index (χ1v) is 11.2. The highest BCUT2D eigenvalue weighted by Gasteiger charge is 2.17. The van der Waals surface area contributed by atoms with Crippen LogP contribution < -0.4 is 4.74 Å². The Morgan fingerprint density at radius 3 is 2.47 bits per heavy atom. The minimum Gasteiger partial charge on any atom is -0.490 e. The number of aliphatic hydroxyl groups is 2. The van der Waals surface area contributed by atoms with Gasteiger partial charge in [0.05, 0.1) is 12.2 Å². The third-order valence-electron chi connectivity index (χ3n) is 5.32. The number of aryl methyl sites for hydroxylation is 3. The molecular formula is C25H33N3O4. The van der Waals surface area contributed by atoms with E-state index in [-0.39, 0.29) is 13.2 Å². The summed E-state index contributed by atoms with van der Waals surface area (Å²) >= 11 is 0. The molecule has 3 aromatic rings. The lowest BCUT2D eigenvalue weighted by molar-refractivity contribution is 0.0531. The number of aromatic nitrogens is 3. The first-order valence-electron chi connectivity index (χ1n) is 11.2. The van der Waals surface area contributed by atoms with Gasteiger partial charge in [-0.3, -0.25) is 4.98 Å². The number of aliphatic hydroxyl groups excluding tert-OH is 2. The third-order valence-corrected chi connectivity index (χ3v) is 5.32. The van der Waals surface area contributed by atoms with E-state index in [9.17, 15) is 5.11 Å². The number of hydrogen-bond donors (Lipinski definition) is 2. The summed E-state index contributed by atoms with van der Waals surface area (Å²) in [5.74, 6) is 2.20. The molecule has 0 amide bonds. The molecule has 2 N–H and O–H groups in total. The van der Waals surface area contributed by atoms with Crippen LogP contribution in [0.5, 0.6) is 5.75 Å². The Bertz CT molecular complexity index is 1050. The van der Waals surface area contributed by atoms with Crippen LogP contribution in [0.4, 0.5) is 0 Å². The Hall–Kier alpha value is -2.77. The van der Waals surface area contributed by atoms with Crippen molar-refractivity contribution in [3.8, 4) is 28.6 Å². The standard InChI is InChI=1S/C25H33N3O4/c1-6-17-10-19(9-16(5)23(17)31-14-21(30)13-29)24-27-25(32-28-24)20-11-18(8-15(3)4)22(7-2)26-12-20/h9-12,15,21,29-30H,6-8,13-14H2,1-5H3. The summed E-state index contributed by atoms with van der Waals surface area (Å²) in [4.78, 5) is 9.25. The van der Waals surface area contributed by atoms with Crippen LogP contribution in [0, 0.1) is 12.8 Å². The Kier molecular flexibility index (Phi) is 7.99. The van der Waals surface area contributed by atoms with Crippen molar-refractivity contribution in [2.75, 3.05) is 13.2 Å². The summed E-state index contributed by atoms with van der Waals surface area (Å²) in [6, 6.07) is 6.03. The number of rotatable bonds is 10. The second kappa shape index (κ2) is 10.7. The number of benzene rings is 1. The van der Waals surface area contributed by atoms with Crippen molar-refractivity contribution in [1.82, 2.24) is 15.1 Å². The molecular weight excluding hydrogens is 406 g/mol. The fourth-order valence-corrected chi connectivity index (χ4v) is 3.73. The van der Waals surface area contributed by atoms with Crippen LogP contribution in [0.15, 0.2) is 28.9 Å². The topological polar surface area (TPSA) is 102 Å². The highest BCUT2D eigenvalue weighted by molar-refractivity contribution is 5.64. The van der Waals surface area contributed by atoms with E-state index in [0.717, 1.165) is 47.2 Å². The molecule has 0 bridgehead atoms. The first kappa shape index (κ1) is 23.9. The molecule has 1 aromatic carbocycles. The maximum Gasteiger partial charge on any atom is 0.259 e. The van der Waals surface area contributed by atoms with Crippen molar-refractivity contribution in [1.29, 1.82) is 0 Å². The maximum absolute atomic E-state index is 9.61. The van der Waals surface area contributed by atoms with E-state index < -0.39 is 6.10 Å². The van der Waals surface area contributed by atoms with E-state index in [1.807, 2.05) is 26.0 Å². The van der Waals surface area contributed by atoms with Gasteiger partial charge in [0.1, 0.15) is 18.5 Å². The fourth-order valence-electron chi connectivity index (χ4n) is 3.73. The quantitative estimate of drug-likeness (QED) is 0.489. The minimum absolute atomic E-state index is 0.0372. The van der Waals surface area contributed by atoms with Crippen LogP contribution in [0.3, 0.4) is 0 Å². The molecule has 2 heterocycles. The lowest BCUT2D eigenvalue weighted by Gasteiger charge is -2.16. The maximum atomic E-state index is 9.61. The molecule has 3 rings (SSSR count). The first-order chi connectivity index (χ1) is 15.4. The zero-order chi connectivity index (χ0) is 23.3. The molecule has 0 radical (unpaired) electrons. The van der Waals surface area contributed by atoms with Crippen LogP contribution >= 0.6 is 0 Å². The zero-order valence-corrected chi connectivity index (χ0v) is 19.6. The Labute approximate surface area is 189 Å². The van der Waals surface area contributed by atoms with E-state index in [4.69, 9.17) is 14.4 Å². The lowest BCUT2D eigenvalue weighted by atomic mass is 9.99. The minimum atomic E-state index is -0.910. The van der Waals surface area contributed by atoms with Gasteiger partial charge in [-0.25, -0.2) is 0 Å². The summed E-state index contributed by atoms with van der Waals surface area (Å²) < 4.78 is 11.3. The van der Waals surface area contributed by atoms with Gasteiger partial charge in [-0.05, 0) is 67.0 Å². The summed E-state index contributed by atoms with van der Waals surface area (Å²) in [6.07, 6.45) is 3.47. The molecule has 0 aliphatic carbocycles. The van der Waals surface area contributed by atoms with Gasteiger partial charge in [-0.1, -0.05) is 32.9 Å². The lowest BCUT2D eigenvalue weighted by Crippen LogP contribution is -2.22. The average molecular weight is 440 g/mol. The van der Waals surface area contributed by atoms with Gasteiger partial charge in [0, 0.05) is 17.5 Å². The van der Waals surface area contributed by atoms with Crippen molar-refractivity contribution >= 4 is 0 Å². The summed E-state index contributed by atoms with van der Waals surface area (Å²) in [5.41, 5.74) is 5.86. The van der Waals surface area contributed by atoms with Crippen molar-refractivity contribution in [2.45, 2.75) is 60.0 Å². The van der Waals surface area contributed by atoms with E-state index >= 15 is 0 Å². The van der Waals surface area contributed by atoms with E-state index in [0.29, 0.717) is 23.4 Å². The molecule has 0 aliphatic heterocycles. The summed E-state index contributed by atoms with van der Waals surface area (Å²) in [5, 5.41) is 22.8. The molecule has 7 nitrogen and oxygen atoms in total. The predicted octanol–water partition coefficient (Wildman–Crippen LogP) is 4.16. The predicted molar refractivity (Wildman–Crippen MR) is 124 cm³/mol. The van der Waals surface area contributed by atoms with Crippen LogP contribution in [0.25, 0.3) is 22.8 Å². The number of nitrogens with zero attached hydrogens (tertiary/aromatic N) is 3. The number of ether oxygens (including phenoxy) is 1. The molecule has 32 heavy (non-hydrogen) atoms. The summed E-state index contributed by atoms with van der Waals surface area (Å²) in [7, 11) is 0. The molecule has 2 aromatic heterocycles. The van der Waals surface area contributed by atoms with Crippen molar-refractivity contribution in [2.24, 2.45) is 5.92 Å². The summed E-state index contributed by atoms with van der Waals surface area (Å²) in [6.45, 7) is 10.2. The van der Waals surface area contributed by atoms with Gasteiger partial charge in [0.15, 0.2) is 0 Å². The number of pyridine rings is 1. The molecule has 0 saturated carbocycles. The normalized spacial score (nSPS) is 12.4. The molecule has 1 atom stereocenters. The van der Waals surface area contributed by atoms with E-state index in [1.165, 1.54) is 5.56 Å². The van der Waals surface area contributed by atoms with Gasteiger partial charge in [0.25, 0.3) is 5.89 Å². The molecule has 0 saturated heterocycles. The van der Waals surface area contributed by atoms with Gasteiger partial charge in [-0.2, -0.15) is 4.98 Å². The van der Waals surface area contributed by atoms with Gasteiger partial charge in [-0.15, -0.1) is 0 Å². The smallest absolute Gasteiger partial charge is 0.259 e. The molecule has 172 valence electrons. The second-order valence-electron chi connectivity index (χ2n) is 8.49. The Balaban J connectivity index is 1.90. The largest absolute Gasteiger partial charge is 0.490 e. The van der Waals surface area contributed by atoms with Crippen LogP contribution in [0.1, 0.15) is 50.1 Å². The van der Waals surface area contributed by atoms with Crippen LogP contribution in [-0.4, -0.2) is 44.7 Å². The van der Waals surface area contributed by atoms with Crippen LogP contribution in [0.2, 0.25) is 0 Å². The Morgan fingerprint density at radius 2 is 1.81 bits per heavy atom. The van der Waals surface area contributed by atoms with Gasteiger partial charge < -0.3 is 19.5 Å². The Morgan fingerprint density at radius 1 is 1.06 bits per heavy atom. The highest BCUT2D eigenvalue weighted by atomic mass is 16.5. The van der Waals surface area contributed by atoms with Crippen molar-refractivity contribution < 1.29 is 19.5 Å². The molecule has 1 unspecified atom stereocenters. The van der Waals surface area contributed by atoms with Crippen molar-refractivity contribution in [3.05, 3.63) is 46.8 Å². The van der Waals surface area contributed by atoms with Crippen LogP contribution in [-0.2, 0) is 19.3 Å². The van der Waals surface area contributed by atoms with E-state index in [2.05, 4.69) is 42.0 Å². The van der Waals surface area contributed by atoms with Crippen molar-refractivity contribution in [3.63, 3.8) is 0 Å². The van der Waals surface area contributed by atoms with Gasteiger partial charge >= 0.3 is 0 Å². The third kappa shape index (κ3) is 5.53. The highest BCUT2D eigenvalue weighted by Crippen LogP contribution is 2.31. The fraction of sp³-hybridized carbons (Fsp3) is 0.480. The SMILES string of the molecule is CCc1cc(-c2noc(-c3cnc(CC)c(CC(C)C)c3)n2)cc(C)c1OCC(O)CO. The molecule has 0 fully saturated rings. The number of hydrogen-bond acceptors (Lipinski definition) is 7. The van der Waals surface area contributed by atoms with Gasteiger partial charge in [0.2, 0.25) is 5.82 Å². The molecule has 0 aliphatic rings. The monoisotopic (exact) mass is 439 g/mol. The zero-order valence-electron chi connectivity index (χ0n) is 19.6. The molecule has 7 heteroatoms. The average Bonchev–Trinajstić information content (AvgIpc) is 3.27. The molecule has 0 spiro atoms.